The van der Waals surface area contributed by atoms with Crippen LogP contribution >= 0.6 is 0 Å². The first-order chi connectivity index (χ1) is 9.12. The van der Waals surface area contributed by atoms with Gasteiger partial charge in [0.05, 0.1) is 12.0 Å². The molecule has 1 saturated heterocycles. The zero-order valence-corrected chi connectivity index (χ0v) is 12.0. The molecule has 0 radical (unpaired) electrons. The van der Waals surface area contributed by atoms with Gasteiger partial charge in [-0.05, 0) is 31.1 Å². The summed E-state index contributed by atoms with van der Waals surface area (Å²) in [6.07, 6.45) is 1.91. The van der Waals surface area contributed by atoms with Crippen LogP contribution in [0.5, 0.6) is 0 Å². The van der Waals surface area contributed by atoms with Crippen molar-refractivity contribution in [1.82, 2.24) is 5.32 Å². The Kier molecular flexibility index (Phi) is 4.08. The van der Waals surface area contributed by atoms with Crippen LogP contribution in [0, 0.1) is 5.41 Å². The molecule has 0 aromatic carbocycles. The average Bonchev–Trinajstić information content (AvgIpc) is 2.58. The average molecular weight is 291 g/mol. The summed E-state index contributed by atoms with van der Waals surface area (Å²) < 4.78 is 30.6. The maximum Gasteiger partial charge on any atom is 0.377 e. The molecule has 4 nitrogen and oxygen atoms in total. The van der Waals surface area contributed by atoms with Gasteiger partial charge in [-0.15, -0.1) is 0 Å². The molecule has 1 aliphatic heterocycles. The lowest BCUT2D eigenvalue weighted by molar-refractivity contribution is -0.159. The van der Waals surface area contributed by atoms with Crippen molar-refractivity contribution in [3.63, 3.8) is 0 Å². The summed E-state index contributed by atoms with van der Waals surface area (Å²) >= 11 is 0. The maximum atomic E-state index is 13.0. The number of hydrogen-bond donors (Lipinski definition) is 2. The van der Waals surface area contributed by atoms with E-state index in [2.05, 4.69) is 23.9 Å². The molecule has 20 heavy (non-hydrogen) atoms. The zero-order valence-electron chi connectivity index (χ0n) is 12.0. The lowest BCUT2D eigenvalue weighted by atomic mass is 9.71. The van der Waals surface area contributed by atoms with Crippen molar-refractivity contribution in [1.29, 1.82) is 0 Å². The largest absolute Gasteiger partial charge is 0.456 e. The predicted octanol–water partition coefficient (Wildman–Crippen LogP) is 1.86. The van der Waals surface area contributed by atoms with Crippen molar-refractivity contribution >= 4 is 5.97 Å². The Hall–Kier alpha value is -0.750. The monoisotopic (exact) mass is 291 g/mol. The van der Waals surface area contributed by atoms with E-state index in [0.29, 0.717) is 19.4 Å². The standard InChI is InChI=1S/C14H23F2NO3/c1-12(2)3-5-13(19,6-4-12)9-17-8-10-7-14(15,16)11(18)20-10/h10,17,19H,3-9H2,1-2H3. The molecule has 0 aromatic heterocycles. The van der Waals surface area contributed by atoms with E-state index in [1.165, 1.54) is 0 Å². The van der Waals surface area contributed by atoms with E-state index in [9.17, 15) is 18.7 Å². The second kappa shape index (κ2) is 5.22. The molecule has 0 bridgehead atoms. The summed E-state index contributed by atoms with van der Waals surface area (Å²) in [5, 5.41) is 13.4. The number of cyclic esters (lactones) is 1. The Morgan fingerprint density at radius 3 is 2.40 bits per heavy atom. The number of nitrogens with one attached hydrogen (secondary N) is 1. The summed E-state index contributed by atoms with van der Waals surface area (Å²) in [6.45, 7) is 4.87. The minimum Gasteiger partial charge on any atom is -0.456 e. The fraction of sp³-hybridized carbons (Fsp3) is 0.929. The molecular weight excluding hydrogens is 268 g/mol. The molecule has 2 N–H and O–H groups in total. The van der Waals surface area contributed by atoms with Crippen molar-refractivity contribution in [2.24, 2.45) is 5.41 Å². The molecular formula is C14H23F2NO3. The summed E-state index contributed by atoms with van der Waals surface area (Å²) in [6, 6.07) is 0. The van der Waals surface area contributed by atoms with E-state index in [1.54, 1.807) is 0 Å². The normalized spacial score (nSPS) is 31.1. The van der Waals surface area contributed by atoms with Gasteiger partial charge in [0.15, 0.2) is 0 Å². The first-order valence-corrected chi connectivity index (χ1v) is 7.14. The van der Waals surface area contributed by atoms with Crippen molar-refractivity contribution in [3.8, 4) is 0 Å². The van der Waals surface area contributed by atoms with Crippen LogP contribution in [0.3, 0.4) is 0 Å². The zero-order chi connectivity index (χ0) is 15.0. The van der Waals surface area contributed by atoms with Crippen LogP contribution in [0.15, 0.2) is 0 Å². The molecule has 2 rings (SSSR count). The van der Waals surface area contributed by atoms with Crippen LogP contribution < -0.4 is 5.32 Å². The predicted molar refractivity (Wildman–Crippen MR) is 69.5 cm³/mol. The van der Waals surface area contributed by atoms with Crippen LogP contribution in [0.25, 0.3) is 0 Å². The Morgan fingerprint density at radius 1 is 1.30 bits per heavy atom. The molecule has 0 spiro atoms. The molecule has 1 heterocycles. The fourth-order valence-electron chi connectivity index (χ4n) is 2.80. The third-order valence-corrected chi connectivity index (χ3v) is 4.42. The van der Waals surface area contributed by atoms with Crippen LogP contribution in [0.1, 0.15) is 46.0 Å². The maximum absolute atomic E-state index is 13.0. The Balaban J connectivity index is 1.73. The van der Waals surface area contributed by atoms with Gasteiger partial charge < -0.3 is 15.2 Å². The molecule has 116 valence electrons. The molecule has 1 saturated carbocycles. The minimum atomic E-state index is -3.36. The van der Waals surface area contributed by atoms with Gasteiger partial charge in [-0.1, -0.05) is 13.8 Å². The fourth-order valence-corrected chi connectivity index (χ4v) is 2.80. The number of ether oxygens (including phenoxy) is 1. The van der Waals surface area contributed by atoms with Gasteiger partial charge in [-0.2, -0.15) is 8.78 Å². The second-order valence-electron chi connectivity index (χ2n) is 6.96. The van der Waals surface area contributed by atoms with Crippen LogP contribution in [-0.2, 0) is 9.53 Å². The quantitative estimate of drug-likeness (QED) is 0.776. The van der Waals surface area contributed by atoms with E-state index in [4.69, 9.17) is 0 Å². The highest BCUT2D eigenvalue weighted by atomic mass is 19.3. The van der Waals surface area contributed by atoms with Crippen LogP contribution in [-0.4, -0.2) is 41.8 Å². The number of carbonyl (C=O) groups is 1. The molecule has 1 aliphatic carbocycles. The Labute approximate surface area is 117 Å². The molecule has 0 aromatic rings. The van der Waals surface area contributed by atoms with Gasteiger partial charge >= 0.3 is 11.9 Å². The SMILES string of the molecule is CC1(C)CCC(O)(CNCC2CC(F)(F)C(=O)O2)CC1. The van der Waals surface area contributed by atoms with E-state index in [1.807, 2.05) is 0 Å². The molecule has 1 unspecified atom stereocenters. The van der Waals surface area contributed by atoms with Crippen molar-refractivity contribution in [2.45, 2.75) is 63.6 Å². The van der Waals surface area contributed by atoms with Gasteiger partial charge in [0.2, 0.25) is 0 Å². The summed E-state index contributed by atoms with van der Waals surface area (Å²) in [5.74, 6) is -4.81. The Morgan fingerprint density at radius 2 is 1.90 bits per heavy atom. The molecule has 1 atom stereocenters. The number of carbonyl (C=O) groups excluding carboxylic acids is 1. The topological polar surface area (TPSA) is 58.6 Å². The van der Waals surface area contributed by atoms with Crippen LogP contribution in [0.2, 0.25) is 0 Å². The van der Waals surface area contributed by atoms with E-state index < -0.39 is 30.0 Å². The van der Waals surface area contributed by atoms with Gasteiger partial charge in [0.25, 0.3) is 0 Å². The molecule has 2 fully saturated rings. The smallest absolute Gasteiger partial charge is 0.377 e. The lowest BCUT2D eigenvalue weighted by Gasteiger charge is -2.40. The number of alkyl halides is 2. The lowest BCUT2D eigenvalue weighted by Crippen LogP contribution is -2.46. The van der Waals surface area contributed by atoms with Gasteiger partial charge in [-0.25, -0.2) is 4.79 Å². The van der Waals surface area contributed by atoms with Gasteiger partial charge in [-0.3, -0.25) is 0 Å². The van der Waals surface area contributed by atoms with Crippen molar-refractivity contribution in [3.05, 3.63) is 0 Å². The third-order valence-electron chi connectivity index (χ3n) is 4.42. The highest BCUT2D eigenvalue weighted by Gasteiger charge is 2.50. The minimum absolute atomic E-state index is 0.160. The van der Waals surface area contributed by atoms with E-state index >= 15 is 0 Å². The highest BCUT2D eigenvalue weighted by molar-refractivity contribution is 5.79. The second-order valence-corrected chi connectivity index (χ2v) is 6.96. The van der Waals surface area contributed by atoms with Crippen molar-refractivity contribution in [2.75, 3.05) is 13.1 Å². The number of halogens is 2. The molecule has 0 amide bonds. The molecule has 6 heteroatoms. The summed E-state index contributed by atoms with van der Waals surface area (Å²) in [4.78, 5) is 10.9. The van der Waals surface area contributed by atoms with Crippen LogP contribution in [0.4, 0.5) is 8.78 Å². The summed E-state index contributed by atoms with van der Waals surface area (Å²) in [7, 11) is 0. The molecule has 2 aliphatic rings. The number of hydrogen-bond acceptors (Lipinski definition) is 4. The Bertz CT molecular complexity index is 375. The van der Waals surface area contributed by atoms with E-state index in [-0.39, 0.29) is 12.0 Å². The highest BCUT2D eigenvalue weighted by Crippen LogP contribution is 2.39. The van der Waals surface area contributed by atoms with Gasteiger partial charge in [0.1, 0.15) is 6.10 Å². The van der Waals surface area contributed by atoms with Crippen molar-refractivity contribution < 1.29 is 23.4 Å². The number of rotatable bonds is 4. The number of esters is 1. The summed E-state index contributed by atoms with van der Waals surface area (Å²) in [5.41, 5.74) is -0.518. The van der Waals surface area contributed by atoms with E-state index in [0.717, 1.165) is 12.8 Å². The first kappa shape index (κ1) is 15.6. The first-order valence-electron chi connectivity index (χ1n) is 7.14. The number of aliphatic hydroxyl groups is 1. The third kappa shape index (κ3) is 3.67. The van der Waals surface area contributed by atoms with Gasteiger partial charge in [0, 0.05) is 13.1 Å².